The predicted molar refractivity (Wildman–Crippen MR) is 87.4 cm³/mol. The van der Waals surface area contributed by atoms with Crippen molar-refractivity contribution in [1.82, 2.24) is 0 Å². The van der Waals surface area contributed by atoms with E-state index >= 15 is 0 Å². The summed E-state index contributed by atoms with van der Waals surface area (Å²) in [6, 6.07) is 0. The maximum Gasteiger partial charge on any atom is 0.389 e. The number of carbonyl (C=O) groups is 1. The van der Waals surface area contributed by atoms with Crippen molar-refractivity contribution in [2.45, 2.75) is 38.9 Å². The standard InChI is InChI=1S/C13H27O8PS/c1-11(15)13(10-18-3)21-22(17,20-8-6-14)23-9-5-4-7-19-12(2)16/h11,13-15H,4-10H2,1-3H3. The Morgan fingerprint density at radius 1 is 1.30 bits per heavy atom. The van der Waals surface area contributed by atoms with Crippen LogP contribution in [-0.2, 0) is 27.9 Å². The average Bonchev–Trinajstić information content (AvgIpc) is 2.48. The highest BCUT2D eigenvalue weighted by Crippen LogP contribution is 2.61. The molecule has 0 rings (SSSR count). The lowest BCUT2D eigenvalue weighted by Crippen LogP contribution is -2.30. The Morgan fingerprint density at radius 2 is 2.00 bits per heavy atom. The molecule has 138 valence electrons. The first-order chi connectivity index (χ1) is 10.8. The van der Waals surface area contributed by atoms with Crippen LogP contribution < -0.4 is 0 Å². The minimum absolute atomic E-state index is 0.0666. The number of hydrogen-bond donors (Lipinski definition) is 2. The zero-order valence-electron chi connectivity index (χ0n) is 13.8. The smallest absolute Gasteiger partial charge is 0.389 e. The fourth-order valence-electron chi connectivity index (χ4n) is 1.43. The molecule has 8 nitrogen and oxygen atoms in total. The molecule has 10 heteroatoms. The third-order valence-electron chi connectivity index (χ3n) is 2.57. The van der Waals surface area contributed by atoms with E-state index in [2.05, 4.69) is 0 Å². The summed E-state index contributed by atoms with van der Waals surface area (Å²) in [6.45, 7) is -0.737. The monoisotopic (exact) mass is 374 g/mol. The molecule has 23 heavy (non-hydrogen) atoms. The zero-order valence-corrected chi connectivity index (χ0v) is 15.5. The molecule has 0 aromatic rings. The number of unbranched alkanes of at least 4 members (excludes halogenated alkanes) is 1. The van der Waals surface area contributed by atoms with E-state index < -0.39 is 19.0 Å². The van der Waals surface area contributed by atoms with Crippen LogP contribution in [0.4, 0.5) is 0 Å². The maximum atomic E-state index is 12.7. The summed E-state index contributed by atoms with van der Waals surface area (Å²) in [6.07, 6.45) is -0.398. The second-order valence-electron chi connectivity index (χ2n) is 4.72. The molecule has 0 saturated heterocycles. The SMILES string of the molecule is COCC(OP(=O)(OCCO)SCCCCOC(C)=O)C(C)O. The van der Waals surface area contributed by atoms with Gasteiger partial charge in [0.05, 0.1) is 32.5 Å². The van der Waals surface area contributed by atoms with Gasteiger partial charge in [0.15, 0.2) is 0 Å². The van der Waals surface area contributed by atoms with Crippen LogP contribution in [0, 0.1) is 0 Å². The quantitative estimate of drug-likeness (QED) is 0.266. The first kappa shape index (κ1) is 22.9. The van der Waals surface area contributed by atoms with E-state index in [1.807, 2.05) is 0 Å². The Labute approximate surface area is 141 Å². The molecular formula is C13H27O8PS. The van der Waals surface area contributed by atoms with Crippen LogP contribution in [-0.4, -0.2) is 67.7 Å². The van der Waals surface area contributed by atoms with Gasteiger partial charge < -0.3 is 19.7 Å². The number of aliphatic hydroxyl groups excluding tert-OH is 2. The summed E-state index contributed by atoms with van der Waals surface area (Å²) in [5, 5.41) is 18.5. The average molecular weight is 374 g/mol. The van der Waals surface area contributed by atoms with Gasteiger partial charge in [-0.15, -0.1) is 0 Å². The molecule has 0 bridgehead atoms. The first-order valence-electron chi connectivity index (χ1n) is 7.33. The lowest BCUT2D eigenvalue weighted by Gasteiger charge is -2.25. The van der Waals surface area contributed by atoms with E-state index in [1.54, 1.807) is 0 Å². The van der Waals surface area contributed by atoms with Crippen molar-refractivity contribution in [3.8, 4) is 0 Å². The van der Waals surface area contributed by atoms with Crippen molar-refractivity contribution in [2.75, 3.05) is 39.3 Å². The summed E-state index contributed by atoms with van der Waals surface area (Å²) in [5.74, 6) is 0.126. The highest BCUT2D eigenvalue weighted by Gasteiger charge is 2.31. The Kier molecular flexibility index (Phi) is 13.1. The zero-order chi connectivity index (χ0) is 17.7. The third kappa shape index (κ3) is 11.9. The number of esters is 1. The molecule has 2 N–H and O–H groups in total. The van der Waals surface area contributed by atoms with Crippen molar-refractivity contribution in [3.63, 3.8) is 0 Å². The normalized spacial score (nSPS) is 16.6. The van der Waals surface area contributed by atoms with E-state index in [9.17, 15) is 14.5 Å². The van der Waals surface area contributed by atoms with E-state index in [0.29, 0.717) is 25.2 Å². The Balaban J connectivity index is 4.40. The van der Waals surface area contributed by atoms with Gasteiger partial charge in [-0.3, -0.25) is 13.8 Å². The van der Waals surface area contributed by atoms with Crippen LogP contribution in [0.15, 0.2) is 0 Å². The Bertz CT molecular complexity index is 366. The van der Waals surface area contributed by atoms with Crippen molar-refractivity contribution in [3.05, 3.63) is 0 Å². The topological polar surface area (TPSA) is 112 Å². The van der Waals surface area contributed by atoms with Gasteiger partial charge in [0.25, 0.3) is 0 Å². The van der Waals surface area contributed by atoms with E-state index in [0.717, 1.165) is 11.4 Å². The van der Waals surface area contributed by atoms with Gasteiger partial charge in [-0.25, -0.2) is 4.57 Å². The Hall–Kier alpha value is -0.150. The van der Waals surface area contributed by atoms with Gasteiger partial charge >= 0.3 is 12.8 Å². The molecule has 0 amide bonds. The highest BCUT2D eigenvalue weighted by molar-refractivity contribution is 8.55. The number of hydrogen-bond acceptors (Lipinski definition) is 9. The number of carbonyl (C=O) groups excluding carboxylic acids is 1. The molecule has 3 unspecified atom stereocenters. The summed E-state index contributed by atoms with van der Waals surface area (Å²) in [7, 11) is 1.44. The van der Waals surface area contributed by atoms with Gasteiger partial charge in [-0.05, 0) is 31.1 Å². The van der Waals surface area contributed by atoms with Crippen LogP contribution in [0.3, 0.4) is 0 Å². The second kappa shape index (κ2) is 13.2. The molecule has 0 saturated carbocycles. The van der Waals surface area contributed by atoms with Crippen LogP contribution in [0.2, 0.25) is 0 Å². The fourth-order valence-corrected chi connectivity index (χ4v) is 5.08. The Morgan fingerprint density at radius 3 is 2.52 bits per heavy atom. The lowest BCUT2D eigenvalue weighted by molar-refractivity contribution is -0.141. The van der Waals surface area contributed by atoms with Crippen LogP contribution in [0.1, 0.15) is 26.7 Å². The molecule has 0 heterocycles. The van der Waals surface area contributed by atoms with Crippen molar-refractivity contribution in [1.29, 1.82) is 0 Å². The summed E-state index contributed by atoms with van der Waals surface area (Å²) >= 11 is 0.987. The van der Waals surface area contributed by atoms with Gasteiger partial charge in [0, 0.05) is 19.8 Å². The van der Waals surface area contributed by atoms with E-state index in [-0.39, 0.29) is 25.8 Å². The van der Waals surface area contributed by atoms with Gasteiger partial charge in [0.1, 0.15) is 6.10 Å². The van der Waals surface area contributed by atoms with E-state index in [4.69, 9.17) is 23.6 Å². The van der Waals surface area contributed by atoms with Gasteiger partial charge in [0.2, 0.25) is 0 Å². The maximum absolute atomic E-state index is 12.7. The van der Waals surface area contributed by atoms with Crippen LogP contribution >= 0.6 is 18.2 Å². The number of aliphatic hydroxyl groups is 2. The molecule has 0 fully saturated rings. The molecule has 0 spiro atoms. The van der Waals surface area contributed by atoms with Crippen molar-refractivity contribution in [2.24, 2.45) is 0 Å². The first-order valence-corrected chi connectivity index (χ1v) is 10.5. The van der Waals surface area contributed by atoms with Crippen LogP contribution in [0.5, 0.6) is 0 Å². The minimum Gasteiger partial charge on any atom is -0.466 e. The van der Waals surface area contributed by atoms with Crippen molar-refractivity contribution >= 4 is 24.1 Å². The molecule has 0 radical (unpaired) electrons. The summed E-state index contributed by atoms with van der Waals surface area (Å²) < 4.78 is 32.9. The van der Waals surface area contributed by atoms with Gasteiger partial charge in [-0.2, -0.15) is 0 Å². The molecular weight excluding hydrogens is 347 g/mol. The van der Waals surface area contributed by atoms with Gasteiger partial charge in [-0.1, -0.05) is 0 Å². The number of rotatable bonds is 14. The summed E-state index contributed by atoms with van der Waals surface area (Å²) in [4.78, 5) is 10.6. The largest absolute Gasteiger partial charge is 0.466 e. The molecule has 3 atom stereocenters. The van der Waals surface area contributed by atoms with Crippen LogP contribution in [0.25, 0.3) is 0 Å². The molecule has 0 aliphatic rings. The van der Waals surface area contributed by atoms with E-state index in [1.165, 1.54) is 21.0 Å². The predicted octanol–water partition coefficient (Wildman–Crippen LogP) is 1.59. The highest BCUT2D eigenvalue weighted by atomic mass is 32.7. The molecule has 0 aromatic heterocycles. The molecule has 0 aliphatic heterocycles. The molecule has 0 aromatic carbocycles. The number of ether oxygens (including phenoxy) is 2. The summed E-state index contributed by atoms with van der Waals surface area (Å²) in [5.41, 5.74) is 0. The second-order valence-corrected chi connectivity index (χ2v) is 8.87. The minimum atomic E-state index is -3.53. The van der Waals surface area contributed by atoms with Crippen molar-refractivity contribution < 1.29 is 38.1 Å². The number of methoxy groups -OCH3 is 1. The fraction of sp³-hybridized carbons (Fsp3) is 0.923. The lowest BCUT2D eigenvalue weighted by atomic mass is 10.2. The molecule has 0 aliphatic carbocycles. The third-order valence-corrected chi connectivity index (χ3v) is 6.45.